The lowest BCUT2D eigenvalue weighted by atomic mass is 10.0. The van der Waals surface area contributed by atoms with Gasteiger partial charge in [-0.05, 0) is 24.6 Å². The molecule has 2 aromatic rings. The molecule has 122 valence electrons. The maximum absolute atomic E-state index is 11.8. The van der Waals surface area contributed by atoms with E-state index in [1.54, 1.807) is 23.8 Å². The van der Waals surface area contributed by atoms with E-state index in [1.165, 1.54) is 0 Å². The molecule has 4 rings (SSSR count). The molecule has 1 aromatic carbocycles. The van der Waals surface area contributed by atoms with Crippen molar-refractivity contribution >= 4 is 27.8 Å². The maximum atomic E-state index is 11.8. The van der Waals surface area contributed by atoms with Crippen molar-refractivity contribution in [1.82, 2.24) is 14.5 Å². The summed E-state index contributed by atoms with van der Waals surface area (Å²) in [7, 11) is -3.41. The molecule has 0 aliphatic carbocycles. The Morgan fingerprint density at radius 1 is 1.17 bits per heavy atom. The summed E-state index contributed by atoms with van der Waals surface area (Å²) in [4.78, 5) is 10.2. The molecule has 2 aliphatic heterocycles. The molecule has 8 heteroatoms. The normalized spacial score (nSPS) is 18.8. The number of sulfonamides is 1. The fourth-order valence-electron chi connectivity index (χ4n) is 2.69. The minimum Gasteiger partial charge on any atom is -0.315 e. The fraction of sp³-hybridized carbons (Fsp3) is 0.188. The van der Waals surface area contributed by atoms with Gasteiger partial charge < -0.3 is 9.47 Å². The van der Waals surface area contributed by atoms with Crippen LogP contribution in [0.15, 0.2) is 52.4 Å². The summed E-state index contributed by atoms with van der Waals surface area (Å²) in [6, 6.07) is 7.77. The SMILES string of the molecule is Cc1cn(-c2ccc(C3=CN=CN4CCS(=O)(=O)N=C34)cc2)cn1. The highest BCUT2D eigenvalue weighted by Gasteiger charge is 2.28. The van der Waals surface area contributed by atoms with Crippen LogP contribution in [0.2, 0.25) is 0 Å². The summed E-state index contributed by atoms with van der Waals surface area (Å²) in [5.74, 6) is 0.441. The van der Waals surface area contributed by atoms with Crippen LogP contribution in [0.25, 0.3) is 11.3 Å². The Bertz CT molecular complexity index is 984. The lowest BCUT2D eigenvalue weighted by molar-refractivity contribution is 0.574. The van der Waals surface area contributed by atoms with Crippen molar-refractivity contribution in [1.29, 1.82) is 0 Å². The van der Waals surface area contributed by atoms with Gasteiger partial charge in [-0.15, -0.1) is 4.40 Å². The monoisotopic (exact) mass is 341 g/mol. The predicted molar refractivity (Wildman–Crippen MR) is 92.7 cm³/mol. The minimum absolute atomic E-state index is 0.00865. The lowest BCUT2D eigenvalue weighted by Gasteiger charge is -2.28. The molecule has 0 atom stereocenters. The standard InChI is InChI=1S/C16H15N5O2S/c1-12-9-21(11-18-12)14-4-2-13(3-5-14)15-8-17-10-20-6-7-24(22,23)19-16(15)20/h2-5,8-11H,6-7H2,1H3. The van der Waals surface area contributed by atoms with E-state index in [-0.39, 0.29) is 5.75 Å². The van der Waals surface area contributed by atoms with E-state index < -0.39 is 10.0 Å². The second-order valence-corrected chi connectivity index (χ2v) is 7.43. The maximum Gasteiger partial charge on any atom is 0.256 e. The Morgan fingerprint density at radius 3 is 2.67 bits per heavy atom. The predicted octanol–water partition coefficient (Wildman–Crippen LogP) is 1.61. The molecule has 3 heterocycles. The number of nitrogens with zero attached hydrogens (tertiary/aromatic N) is 5. The molecule has 0 radical (unpaired) electrons. The summed E-state index contributed by atoms with van der Waals surface area (Å²) in [6.07, 6.45) is 6.96. The van der Waals surface area contributed by atoms with Gasteiger partial charge in [0, 0.05) is 30.2 Å². The number of aromatic nitrogens is 2. The Hall–Kier alpha value is -2.74. The molecule has 0 fully saturated rings. The first-order valence-electron chi connectivity index (χ1n) is 7.46. The van der Waals surface area contributed by atoms with E-state index in [1.807, 2.05) is 42.0 Å². The molecular formula is C16H15N5O2S. The molecule has 0 saturated heterocycles. The van der Waals surface area contributed by atoms with Crippen LogP contribution >= 0.6 is 0 Å². The van der Waals surface area contributed by atoms with E-state index in [2.05, 4.69) is 14.4 Å². The van der Waals surface area contributed by atoms with E-state index in [9.17, 15) is 8.42 Å². The lowest BCUT2D eigenvalue weighted by Crippen LogP contribution is -2.40. The second-order valence-electron chi connectivity index (χ2n) is 5.67. The van der Waals surface area contributed by atoms with Gasteiger partial charge in [0.05, 0.1) is 24.1 Å². The fourth-order valence-corrected chi connectivity index (χ4v) is 3.68. The van der Waals surface area contributed by atoms with E-state index in [0.717, 1.165) is 16.9 Å². The van der Waals surface area contributed by atoms with Gasteiger partial charge in [-0.2, -0.15) is 0 Å². The summed E-state index contributed by atoms with van der Waals surface area (Å²) >= 11 is 0. The zero-order valence-electron chi connectivity index (χ0n) is 13.0. The Kier molecular flexibility index (Phi) is 3.34. The van der Waals surface area contributed by atoms with Crippen molar-refractivity contribution in [2.75, 3.05) is 12.3 Å². The quantitative estimate of drug-likeness (QED) is 0.831. The molecule has 7 nitrogen and oxygen atoms in total. The van der Waals surface area contributed by atoms with Crippen LogP contribution in [0.4, 0.5) is 0 Å². The smallest absolute Gasteiger partial charge is 0.256 e. The molecule has 1 aromatic heterocycles. The van der Waals surface area contributed by atoms with Crippen molar-refractivity contribution in [3.8, 4) is 5.69 Å². The van der Waals surface area contributed by atoms with Crippen molar-refractivity contribution < 1.29 is 8.42 Å². The summed E-state index contributed by atoms with van der Waals surface area (Å²) < 4.78 is 29.5. The van der Waals surface area contributed by atoms with E-state index in [4.69, 9.17) is 0 Å². The third kappa shape index (κ3) is 2.65. The highest BCUT2D eigenvalue weighted by molar-refractivity contribution is 7.90. The first-order chi connectivity index (χ1) is 11.5. The van der Waals surface area contributed by atoms with Crippen LogP contribution in [0.1, 0.15) is 11.3 Å². The Labute approximate surface area is 139 Å². The average Bonchev–Trinajstić information content (AvgIpc) is 3.00. The van der Waals surface area contributed by atoms with Gasteiger partial charge in [0.15, 0.2) is 5.84 Å². The van der Waals surface area contributed by atoms with Gasteiger partial charge in [0.2, 0.25) is 0 Å². The summed E-state index contributed by atoms with van der Waals surface area (Å²) in [6.45, 7) is 2.31. The third-order valence-electron chi connectivity index (χ3n) is 3.93. The molecule has 24 heavy (non-hydrogen) atoms. The number of amidine groups is 1. The number of aryl methyl sites for hydroxylation is 1. The molecule has 0 N–H and O–H groups in total. The highest BCUT2D eigenvalue weighted by Crippen LogP contribution is 2.25. The number of benzene rings is 1. The number of rotatable bonds is 2. The van der Waals surface area contributed by atoms with Gasteiger partial charge in [-0.25, -0.2) is 18.4 Å². The van der Waals surface area contributed by atoms with Crippen LogP contribution in [-0.4, -0.2) is 47.3 Å². The molecule has 0 spiro atoms. The summed E-state index contributed by atoms with van der Waals surface area (Å²) in [5.41, 5.74) is 3.50. The number of hydrogen-bond donors (Lipinski definition) is 0. The van der Waals surface area contributed by atoms with Crippen LogP contribution in [0.3, 0.4) is 0 Å². The number of hydrogen-bond acceptors (Lipinski definition) is 5. The Morgan fingerprint density at radius 2 is 1.96 bits per heavy atom. The van der Waals surface area contributed by atoms with Crippen LogP contribution in [0.5, 0.6) is 0 Å². The summed E-state index contributed by atoms with van der Waals surface area (Å²) in [5, 5.41) is 0. The van der Waals surface area contributed by atoms with Crippen molar-refractivity contribution in [3.63, 3.8) is 0 Å². The zero-order valence-corrected chi connectivity index (χ0v) is 13.8. The topological polar surface area (TPSA) is 79.9 Å². The third-order valence-corrected chi connectivity index (χ3v) is 5.08. The Balaban J connectivity index is 1.72. The average molecular weight is 341 g/mol. The first kappa shape index (κ1) is 14.8. The number of imidazole rings is 1. The van der Waals surface area contributed by atoms with Gasteiger partial charge in [-0.1, -0.05) is 12.1 Å². The zero-order chi connectivity index (χ0) is 16.7. The minimum atomic E-state index is -3.41. The number of aliphatic imine (C=N–C) groups is 1. The van der Waals surface area contributed by atoms with Gasteiger partial charge >= 0.3 is 0 Å². The molecule has 0 amide bonds. The largest absolute Gasteiger partial charge is 0.315 e. The number of fused-ring (bicyclic) bond motifs is 1. The first-order valence-corrected chi connectivity index (χ1v) is 9.07. The van der Waals surface area contributed by atoms with Crippen molar-refractivity contribution in [2.45, 2.75) is 6.92 Å². The van der Waals surface area contributed by atoms with E-state index >= 15 is 0 Å². The van der Waals surface area contributed by atoms with Crippen molar-refractivity contribution in [3.05, 3.63) is 54.2 Å². The molecule has 2 aliphatic rings. The van der Waals surface area contributed by atoms with Crippen LogP contribution in [-0.2, 0) is 10.0 Å². The van der Waals surface area contributed by atoms with Gasteiger partial charge in [-0.3, -0.25) is 0 Å². The van der Waals surface area contributed by atoms with Crippen molar-refractivity contribution in [2.24, 2.45) is 9.39 Å². The highest BCUT2D eigenvalue weighted by atomic mass is 32.2. The van der Waals surface area contributed by atoms with E-state index in [0.29, 0.717) is 18.0 Å². The van der Waals surface area contributed by atoms with Crippen LogP contribution in [0, 0.1) is 6.92 Å². The molecule has 0 bridgehead atoms. The second kappa shape index (κ2) is 5.41. The molecule has 0 unspecified atom stereocenters. The van der Waals surface area contributed by atoms with Gasteiger partial charge in [0.1, 0.15) is 0 Å². The molecule has 0 saturated carbocycles. The molecular weight excluding hydrogens is 326 g/mol. The van der Waals surface area contributed by atoms with Crippen LogP contribution < -0.4 is 0 Å². The van der Waals surface area contributed by atoms with Gasteiger partial charge in [0.25, 0.3) is 10.0 Å².